The van der Waals surface area contributed by atoms with E-state index in [-0.39, 0.29) is 36.5 Å². The molecular weight excluding hydrogens is 289 g/mol. The van der Waals surface area contributed by atoms with Crippen LogP contribution in [0, 0.1) is 16.0 Å². The first-order valence-electron chi connectivity index (χ1n) is 6.52. The SMILES string of the molecule is O=[N+]([O-])c1ccc(O)c(CN2CCCC(C(F)(F)F)C2)c1. The summed E-state index contributed by atoms with van der Waals surface area (Å²) in [4.78, 5) is 11.7. The van der Waals surface area contributed by atoms with Gasteiger partial charge in [0.1, 0.15) is 5.75 Å². The number of nitro groups is 1. The Morgan fingerprint density at radius 3 is 2.76 bits per heavy atom. The summed E-state index contributed by atoms with van der Waals surface area (Å²) in [6.07, 6.45) is -3.72. The molecule has 0 saturated carbocycles. The topological polar surface area (TPSA) is 66.6 Å². The standard InChI is InChI=1S/C13H15F3N2O3/c14-13(15,16)10-2-1-5-17(8-10)7-9-6-11(18(20)21)3-4-12(9)19/h3-4,6,10,19H,1-2,5,7-8H2. The number of aromatic hydroxyl groups is 1. The molecule has 0 radical (unpaired) electrons. The molecule has 0 aromatic heterocycles. The van der Waals surface area contributed by atoms with E-state index in [1.54, 1.807) is 4.90 Å². The number of nitrogens with zero attached hydrogens (tertiary/aromatic N) is 2. The summed E-state index contributed by atoms with van der Waals surface area (Å²) in [5.41, 5.74) is 0.0826. The third kappa shape index (κ3) is 3.84. The fourth-order valence-corrected chi connectivity index (χ4v) is 2.52. The lowest BCUT2D eigenvalue weighted by Crippen LogP contribution is -2.41. The van der Waals surface area contributed by atoms with Gasteiger partial charge in [-0.25, -0.2) is 0 Å². The lowest BCUT2D eigenvalue weighted by molar-refractivity contribution is -0.385. The summed E-state index contributed by atoms with van der Waals surface area (Å²) in [6.45, 7) is 0.403. The molecule has 0 aliphatic carbocycles. The number of halogens is 3. The van der Waals surface area contributed by atoms with Gasteiger partial charge in [0, 0.05) is 30.8 Å². The molecule has 1 N–H and O–H groups in total. The summed E-state index contributed by atoms with van der Waals surface area (Å²) >= 11 is 0. The van der Waals surface area contributed by atoms with Crippen LogP contribution in [0.2, 0.25) is 0 Å². The molecule has 1 aromatic carbocycles. The first-order chi connectivity index (χ1) is 9.77. The Labute approximate surface area is 119 Å². The zero-order valence-corrected chi connectivity index (χ0v) is 11.1. The molecule has 0 amide bonds. The maximum absolute atomic E-state index is 12.7. The van der Waals surface area contributed by atoms with Crippen molar-refractivity contribution in [1.82, 2.24) is 4.90 Å². The van der Waals surface area contributed by atoms with E-state index in [0.29, 0.717) is 13.0 Å². The Morgan fingerprint density at radius 1 is 1.43 bits per heavy atom. The molecule has 1 heterocycles. The molecule has 8 heteroatoms. The number of hydrogen-bond acceptors (Lipinski definition) is 4. The van der Waals surface area contributed by atoms with E-state index in [4.69, 9.17) is 0 Å². The third-order valence-corrected chi connectivity index (χ3v) is 3.64. The average molecular weight is 304 g/mol. The van der Waals surface area contributed by atoms with Gasteiger partial charge in [0.05, 0.1) is 10.8 Å². The van der Waals surface area contributed by atoms with Gasteiger partial charge in [-0.05, 0) is 25.5 Å². The second-order valence-corrected chi connectivity index (χ2v) is 5.19. The zero-order chi connectivity index (χ0) is 15.6. The van der Waals surface area contributed by atoms with Crippen molar-refractivity contribution in [2.45, 2.75) is 25.6 Å². The smallest absolute Gasteiger partial charge is 0.393 e. The molecule has 116 valence electrons. The molecule has 0 spiro atoms. The van der Waals surface area contributed by atoms with E-state index >= 15 is 0 Å². The Morgan fingerprint density at radius 2 is 2.14 bits per heavy atom. The van der Waals surface area contributed by atoms with Crippen LogP contribution in [0.1, 0.15) is 18.4 Å². The van der Waals surface area contributed by atoms with Crippen LogP contribution < -0.4 is 0 Å². The van der Waals surface area contributed by atoms with Crippen molar-refractivity contribution in [1.29, 1.82) is 0 Å². The Bertz CT molecular complexity index is 534. The maximum Gasteiger partial charge on any atom is 0.393 e. The van der Waals surface area contributed by atoms with Gasteiger partial charge in [0.25, 0.3) is 5.69 Å². The lowest BCUT2D eigenvalue weighted by Gasteiger charge is -2.33. The van der Waals surface area contributed by atoms with E-state index in [2.05, 4.69) is 0 Å². The molecule has 0 bridgehead atoms. The quantitative estimate of drug-likeness (QED) is 0.688. The molecule has 1 aromatic rings. The van der Waals surface area contributed by atoms with Crippen molar-refractivity contribution in [3.63, 3.8) is 0 Å². The molecular formula is C13H15F3N2O3. The first kappa shape index (κ1) is 15.6. The molecule has 1 saturated heterocycles. The number of alkyl halides is 3. The van der Waals surface area contributed by atoms with Crippen LogP contribution in [0.15, 0.2) is 18.2 Å². The molecule has 1 aliphatic heterocycles. The van der Waals surface area contributed by atoms with Crippen LogP contribution in [0.25, 0.3) is 0 Å². The van der Waals surface area contributed by atoms with Crippen molar-refractivity contribution >= 4 is 5.69 Å². The first-order valence-corrected chi connectivity index (χ1v) is 6.52. The van der Waals surface area contributed by atoms with Crippen molar-refractivity contribution in [3.8, 4) is 5.75 Å². The molecule has 1 atom stereocenters. The number of nitro benzene ring substituents is 1. The van der Waals surface area contributed by atoms with Crippen molar-refractivity contribution < 1.29 is 23.2 Å². The second-order valence-electron chi connectivity index (χ2n) is 5.19. The summed E-state index contributed by atoms with van der Waals surface area (Å²) in [5.74, 6) is -1.53. The van der Waals surface area contributed by atoms with E-state index in [1.165, 1.54) is 12.1 Å². The van der Waals surface area contributed by atoms with E-state index in [9.17, 15) is 28.4 Å². The van der Waals surface area contributed by atoms with Gasteiger partial charge in [0.2, 0.25) is 0 Å². The van der Waals surface area contributed by atoms with Gasteiger partial charge in [-0.2, -0.15) is 13.2 Å². The number of phenols is 1. The van der Waals surface area contributed by atoms with Gasteiger partial charge in [-0.3, -0.25) is 15.0 Å². The van der Waals surface area contributed by atoms with Gasteiger partial charge < -0.3 is 5.11 Å². The van der Waals surface area contributed by atoms with Gasteiger partial charge >= 0.3 is 6.18 Å². The van der Waals surface area contributed by atoms with Crippen LogP contribution in [-0.2, 0) is 6.54 Å². The monoisotopic (exact) mass is 304 g/mol. The second kappa shape index (κ2) is 5.88. The number of hydrogen-bond donors (Lipinski definition) is 1. The molecule has 1 aliphatic rings. The van der Waals surface area contributed by atoms with E-state index < -0.39 is 17.0 Å². The largest absolute Gasteiger partial charge is 0.508 e. The van der Waals surface area contributed by atoms with E-state index in [1.807, 2.05) is 0 Å². The fourth-order valence-electron chi connectivity index (χ4n) is 2.52. The zero-order valence-electron chi connectivity index (χ0n) is 11.1. The molecule has 1 unspecified atom stereocenters. The minimum atomic E-state index is -4.23. The van der Waals surface area contributed by atoms with Crippen molar-refractivity contribution in [3.05, 3.63) is 33.9 Å². The van der Waals surface area contributed by atoms with Crippen molar-refractivity contribution in [2.75, 3.05) is 13.1 Å². The predicted molar refractivity (Wildman–Crippen MR) is 68.8 cm³/mol. The number of non-ortho nitro benzene ring substituents is 1. The van der Waals surface area contributed by atoms with Crippen molar-refractivity contribution in [2.24, 2.45) is 5.92 Å². The van der Waals surface area contributed by atoms with Gasteiger partial charge in [0.15, 0.2) is 0 Å². The molecule has 2 rings (SSSR count). The normalized spacial score (nSPS) is 20.4. The van der Waals surface area contributed by atoms with Gasteiger partial charge in [-0.15, -0.1) is 0 Å². The Balaban J connectivity index is 2.11. The minimum absolute atomic E-state index is 0.0695. The highest BCUT2D eigenvalue weighted by molar-refractivity contribution is 5.42. The summed E-state index contributed by atoms with van der Waals surface area (Å²) in [6, 6.07) is 3.55. The summed E-state index contributed by atoms with van der Waals surface area (Å²) in [7, 11) is 0. The van der Waals surface area contributed by atoms with E-state index in [0.717, 1.165) is 6.07 Å². The average Bonchev–Trinajstić information content (AvgIpc) is 2.40. The number of likely N-dealkylation sites (tertiary alicyclic amines) is 1. The maximum atomic E-state index is 12.7. The van der Waals surface area contributed by atoms with Crippen LogP contribution >= 0.6 is 0 Å². The van der Waals surface area contributed by atoms with Crippen LogP contribution in [0.4, 0.5) is 18.9 Å². The molecule has 5 nitrogen and oxygen atoms in total. The fraction of sp³-hybridized carbons (Fsp3) is 0.538. The number of phenolic OH excluding ortho intramolecular Hbond substituents is 1. The minimum Gasteiger partial charge on any atom is -0.508 e. The Kier molecular flexibility index (Phi) is 4.36. The Hall–Kier alpha value is -1.83. The number of rotatable bonds is 3. The highest BCUT2D eigenvalue weighted by atomic mass is 19.4. The number of piperidine rings is 1. The summed E-state index contributed by atoms with van der Waals surface area (Å²) < 4.78 is 38.2. The third-order valence-electron chi connectivity index (χ3n) is 3.64. The molecule has 1 fully saturated rings. The van der Waals surface area contributed by atoms with Crippen LogP contribution in [0.5, 0.6) is 5.75 Å². The highest BCUT2D eigenvalue weighted by Crippen LogP contribution is 2.34. The lowest BCUT2D eigenvalue weighted by atomic mass is 9.97. The van der Waals surface area contributed by atoms with Gasteiger partial charge in [-0.1, -0.05) is 0 Å². The number of benzene rings is 1. The highest BCUT2D eigenvalue weighted by Gasteiger charge is 2.41. The van der Waals surface area contributed by atoms with Crippen LogP contribution in [-0.4, -0.2) is 34.2 Å². The van der Waals surface area contributed by atoms with Crippen LogP contribution in [0.3, 0.4) is 0 Å². The molecule has 21 heavy (non-hydrogen) atoms. The predicted octanol–water partition coefficient (Wildman–Crippen LogP) is 3.07. The summed E-state index contributed by atoms with van der Waals surface area (Å²) in [5, 5.41) is 20.4.